The lowest BCUT2D eigenvalue weighted by Crippen LogP contribution is -2.25. The number of oxazole rings is 1. The maximum atomic E-state index is 11.7. The summed E-state index contributed by atoms with van der Waals surface area (Å²) in [4.78, 5) is 4.22. The van der Waals surface area contributed by atoms with Gasteiger partial charge in [-0.3, -0.25) is 0 Å². The molecule has 0 aliphatic carbocycles. The molecule has 1 aromatic carbocycles. The van der Waals surface area contributed by atoms with Crippen molar-refractivity contribution in [1.29, 1.82) is 0 Å². The molecule has 0 spiro atoms. The first kappa shape index (κ1) is 12.3. The van der Waals surface area contributed by atoms with Crippen LogP contribution in [0.5, 0.6) is 0 Å². The zero-order valence-corrected chi connectivity index (χ0v) is 11.1. The smallest absolute Gasteiger partial charge is 0.295 e. The molecule has 0 saturated carbocycles. The van der Waals surface area contributed by atoms with Crippen molar-refractivity contribution in [2.75, 3.05) is 23.3 Å². The first-order valence-corrected chi connectivity index (χ1v) is 7.88. The Kier molecular flexibility index (Phi) is 2.85. The third-order valence-electron chi connectivity index (χ3n) is 3.39. The van der Waals surface area contributed by atoms with Gasteiger partial charge >= 0.3 is 0 Å². The van der Waals surface area contributed by atoms with E-state index < -0.39 is 9.84 Å². The van der Waals surface area contributed by atoms with Crippen molar-refractivity contribution in [3.63, 3.8) is 0 Å². The van der Waals surface area contributed by atoms with E-state index >= 15 is 0 Å². The van der Waals surface area contributed by atoms with Gasteiger partial charge in [0.1, 0.15) is 5.52 Å². The summed E-state index contributed by atoms with van der Waals surface area (Å²) in [7, 11) is -2.95. The highest BCUT2D eigenvalue weighted by Gasteiger charge is 2.31. The number of sulfone groups is 1. The zero-order valence-electron chi connectivity index (χ0n) is 10.3. The maximum absolute atomic E-state index is 11.7. The van der Waals surface area contributed by atoms with Crippen molar-refractivity contribution in [2.45, 2.75) is 18.1 Å². The van der Waals surface area contributed by atoms with Crippen molar-refractivity contribution < 1.29 is 12.8 Å². The number of hydrogen-bond acceptors (Lipinski definition) is 6. The van der Waals surface area contributed by atoms with Gasteiger partial charge in [0.05, 0.1) is 16.7 Å². The van der Waals surface area contributed by atoms with Crippen LogP contribution in [0, 0.1) is 0 Å². The van der Waals surface area contributed by atoms with Crippen LogP contribution in [0.15, 0.2) is 22.6 Å². The van der Waals surface area contributed by atoms with Crippen molar-refractivity contribution in [2.24, 2.45) is 0 Å². The van der Waals surface area contributed by atoms with E-state index in [1.807, 2.05) is 0 Å². The maximum Gasteiger partial charge on any atom is 0.295 e. The Hall–Kier alpha value is -1.76. The summed E-state index contributed by atoms with van der Waals surface area (Å²) in [5.74, 6) is 0.278. The highest BCUT2D eigenvalue weighted by molar-refractivity contribution is 7.92. The minimum Gasteiger partial charge on any atom is -0.423 e. The first-order chi connectivity index (χ1) is 9.06. The molecule has 7 heteroatoms. The first-order valence-electron chi connectivity index (χ1n) is 6.17. The van der Waals surface area contributed by atoms with E-state index in [0.717, 1.165) is 6.42 Å². The average molecular weight is 281 g/mol. The van der Waals surface area contributed by atoms with E-state index in [-0.39, 0.29) is 11.0 Å². The number of rotatable bonds is 3. The Morgan fingerprint density at radius 3 is 3.00 bits per heavy atom. The van der Waals surface area contributed by atoms with Crippen LogP contribution in [-0.4, -0.2) is 30.9 Å². The van der Waals surface area contributed by atoms with E-state index in [4.69, 9.17) is 10.2 Å². The number of fused-ring (bicyclic) bond motifs is 1. The number of nitrogen functional groups attached to an aromatic ring is 1. The predicted molar refractivity (Wildman–Crippen MR) is 73.7 cm³/mol. The standard InChI is InChI=1S/C12H15N3O3S/c13-9-4-1-5-10-11(9)15-12(18-10)14-7-8-3-2-6-19(8,16)17/h1,4-5,8H,2-3,6-7,13H2,(H,14,15). The lowest BCUT2D eigenvalue weighted by Gasteiger charge is -2.08. The lowest BCUT2D eigenvalue weighted by atomic mass is 10.2. The molecule has 0 amide bonds. The summed E-state index contributed by atoms with van der Waals surface area (Å²) < 4.78 is 28.9. The van der Waals surface area contributed by atoms with E-state index in [2.05, 4.69) is 10.3 Å². The van der Waals surface area contributed by atoms with Gasteiger partial charge in [0.15, 0.2) is 15.4 Å². The molecule has 19 heavy (non-hydrogen) atoms. The molecule has 6 nitrogen and oxygen atoms in total. The van der Waals surface area contributed by atoms with Crippen molar-refractivity contribution in [1.82, 2.24) is 4.98 Å². The van der Waals surface area contributed by atoms with Gasteiger partial charge in [-0.05, 0) is 25.0 Å². The van der Waals surface area contributed by atoms with Gasteiger partial charge in [0, 0.05) is 6.54 Å². The van der Waals surface area contributed by atoms with Crippen LogP contribution in [-0.2, 0) is 9.84 Å². The molecule has 1 fully saturated rings. The van der Waals surface area contributed by atoms with Gasteiger partial charge in [-0.1, -0.05) is 6.07 Å². The van der Waals surface area contributed by atoms with Gasteiger partial charge in [-0.15, -0.1) is 0 Å². The quantitative estimate of drug-likeness (QED) is 0.825. The van der Waals surface area contributed by atoms with Crippen molar-refractivity contribution in [3.8, 4) is 0 Å². The number of nitrogens with two attached hydrogens (primary N) is 1. The number of hydrogen-bond donors (Lipinski definition) is 2. The van der Waals surface area contributed by atoms with Crippen LogP contribution < -0.4 is 11.1 Å². The SMILES string of the molecule is Nc1cccc2oc(NCC3CCCS3(=O)=O)nc12. The zero-order chi connectivity index (χ0) is 13.5. The summed E-state index contributed by atoms with van der Waals surface area (Å²) >= 11 is 0. The second-order valence-electron chi connectivity index (χ2n) is 4.73. The predicted octanol–water partition coefficient (Wildman–Crippen LogP) is 1.40. The number of nitrogens with zero attached hydrogens (tertiary/aromatic N) is 1. The van der Waals surface area contributed by atoms with E-state index in [0.29, 0.717) is 35.8 Å². The monoisotopic (exact) mass is 281 g/mol. The Balaban J connectivity index is 1.77. The van der Waals surface area contributed by atoms with Crippen LogP contribution in [0.25, 0.3) is 11.1 Å². The number of aromatic nitrogens is 1. The molecule has 0 radical (unpaired) electrons. The van der Waals surface area contributed by atoms with Crippen LogP contribution in [0.3, 0.4) is 0 Å². The Labute approximate surface area is 110 Å². The lowest BCUT2D eigenvalue weighted by molar-refractivity contribution is 0.587. The fraction of sp³-hybridized carbons (Fsp3) is 0.417. The number of nitrogens with one attached hydrogen (secondary N) is 1. The van der Waals surface area contributed by atoms with Gasteiger partial charge in [-0.2, -0.15) is 4.98 Å². The number of benzene rings is 1. The molecular weight excluding hydrogens is 266 g/mol. The summed E-state index contributed by atoms with van der Waals surface area (Å²) in [5, 5.41) is 2.60. The topological polar surface area (TPSA) is 98.2 Å². The molecular formula is C12H15N3O3S. The normalized spacial score (nSPS) is 21.8. The van der Waals surface area contributed by atoms with Gasteiger partial charge in [-0.25, -0.2) is 8.42 Å². The van der Waals surface area contributed by atoms with Crippen LogP contribution in [0.4, 0.5) is 11.7 Å². The molecule has 102 valence electrons. The Morgan fingerprint density at radius 1 is 1.47 bits per heavy atom. The summed E-state index contributed by atoms with van der Waals surface area (Å²) in [5.41, 5.74) is 7.52. The second kappa shape index (κ2) is 4.41. The number of anilines is 2. The summed E-state index contributed by atoms with van der Waals surface area (Å²) in [6.07, 6.45) is 1.42. The molecule has 2 aromatic rings. The molecule has 1 aliphatic rings. The van der Waals surface area contributed by atoms with Crippen molar-refractivity contribution in [3.05, 3.63) is 18.2 Å². The van der Waals surface area contributed by atoms with Gasteiger partial charge in [0.25, 0.3) is 6.01 Å². The number of para-hydroxylation sites is 1. The van der Waals surface area contributed by atoms with Crippen LogP contribution in [0.2, 0.25) is 0 Å². The summed E-state index contributed by atoms with van der Waals surface area (Å²) in [6, 6.07) is 5.62. The fourth-order valence-corrected chi connectivity index (χ4v) is 4.10. The molecule has 1 aromatic heterocycles. The fourth-order valence-electron chi connectivity index (χ4n) is 2.33. The molecule has 1 saturated heterocycles. The third kappa shape index (κ3) is 2.25. The second-order valence-corrected chi connectivity index (χ2v) is 7.13. The van der Waals surface area contributed by atoms with Crippen LogP contribution >= 0.6 is 0 Å². The third-order valence-corrected chi connectivity index (χ3v) is 5.67. The Bertz CT molecular complexity index is 708. The van der Waals surface area contributed by atoms with E-state index in [9.17, 15) is 8.42 Å². The molecule has 1 atom stereocenters. The van der Waals surface area contributed by atoms with Gasteiger partial charge < -0.3 is 15.5 Å². The average Bonchev–Trinajstić information content (AvgIpc) is 2.90. The minimum absolute atomic E-state index is 0.278. The Morgan fingerprint density at radius 2 is 2.32 bits per heavy atom. The van der Waals surface area contributed by atoms with Crippen molar-refractivity contribution >= 4 is 32.6 Å². The molecule has 2 heterocycles. The van der Waals surface area contributed by atoms with Crippen LogP contribution in [0.1, 0.15) is 12.8 Å². The molecule has 0 bridgehead atoms. The molecule has 3 N–H and O–H groups in total. The molecule has 3 rings (SSSR count). The largest absolute Gasteiger partial charge is 0.423 e. The van der Waals surface area contributed by atoms with Gasteiger partial charge in [0.2, 0.25) is 0 Å². The minimum atomic E-state index is -2.95. The molecule has 1 unspecified atom stereocenters. The van der Waals surface area contributed by atoms with E-state index in [1.165, 1.54) is 0 Å². The highest BCUT2D eigenvalue weighted by Crippen LogP contribution is 2.25. The summed E-state index contributed by atoms with van der Waals surface area (Å²) in [6.45, 7) is 0.328. The van der Waals surface area contributed by atoms with E-state index in [1.54, 1.807) is 18.2 Å². The highest BCUT2D eigenvalue weighted by atomic mass is 32.2. The molecule has 1 aliphatic heterocycles.